The molecule has 0 fully saturated rings. The molecule has 5 rings (SSSR count). The number of benzene rings is 1. The van der Waals surface area contributed by atoms with Gasteiger partial charge in [0.2, 0.25) is 5.71 Å². The summed E-state index contributed by atoms with van der Waals surface area (Å²) in [6.45, 7) is -0.423. The molecule has 2 aromatic heterocycles. The molecule has 2 aliphatic rings. The van der Waals surface area contributed by atoms with Crippen molar-refractivity contribution in [1.82, 2.24) is 4.48 Å². The van der Waals surface area contributed by atoms with Crippen molar-refractivity contribution in [1.29, 1.82) is 0 Å². The minimum absolute atomic E-state index is 0.367. The van der Waals surface area contributed by atoms with E-state index in [-0.39, 0.29) is 0 Å². The van der Waals surface area contributed by atoms with Crippen LogP contribution in [0.15, 0.2) is 47.8 Å². The standard InChI is InChI=1S/C21H15BF2N2S/c1-14-12-15(2)25-20(14)13-21-18-8-4-3-7-17(18)19(26(21)22(25,23)24)10-9-16-6-5-11-27-16/h3-8,11-13H,1-2H3. The summed E-state index contributed by atoms with van der Waals surface area (Å²) < 4.78 is 33.8. The Kier molecular flexibility index (Phi) is 3.34. The van der Waals surface area contributed by atoms with Gasteiger partial charge in [-0.3, -0.25) is 0 Å². The van der Waals surface area contributed by atoms with Gasteiger partial charge in [-0.25, -0.2) is 0 Å². The van der Waals surface area contributed by atoms with Crippen LogP contribution in [0.2, 0.25) is 0 Å². The van der Waals surface area contributed by atoms with E-state index in [1.54, 1.807) is 6.92 Å². The maximum atomic E-state index is 15.7. The monoisotopic (exact) mass is 376 g/mol. The number of hydrogen-bond acceptors (Lipinski definition) is 1. The number of aryl methyl sites for hydroxylation is 2. The Morgan fingerprint density at radius 1 is 1.04 bits per heavy atom. The summed E-state index contributed by atoms with van der Waals surface area (Å²) in [5.41, 5.74) is 4.45. The number of hydrogen-bond donors (Lipinski definition) is 0. The molecule has 0 aliphatic carbocycles. The Labute approximate surface area is 160 Å². The SMILES string of the molecule is Cc1cc(C)n2c1C=C1c3ccccc3C(C#Cc3cccs3)=[N+]1[B-]2(F)F. The van der Waals surface area contributed by atoms with Crippen LogP contribution in [0.4, 0.5) is 8.63 Å². The molecule has 0 radical (unpaired) electrons. The van der Waals surface area contributed by atoms with Crippen molar-refractivity contribution in [3.05, 3.63) is 80.8 Å². The average molecular weight is 376 g/mol. The smallest absolute Gasteiger partial charge is 0.394 e. The quantitative estimate of drug-likeness (QED) is 0.395. The van der Waals surface area contributed by atoms with Gasteiger partial charge in [0.1, 0.15) is 0 Å². The number of aromatic nitrogens is 1. The third kappa shape index (κ3) is 2.22. The highest BCUT2D eigenvalue weighted by Crippen LogP contribution is 2.40. The van der Waals surface area contributed by atoms with E-state index in [4.69, 9.17) is 0 Å². The van der Waals surface area contributed by atoms with Crippen LogP contribution in [-0.2, 0) is 0 Å². The molecule has 0 atom stereocenters. The van der Waals surface area contributed by atoms with Crippen LogP contribution in [0.3, 0.4) is 0 Å². The van der Waals surface area contributed by atoms with Gasteiger partial charge >= 0.3 is 6.97 Å². The summed E-state index contributed by atoms with van der Waals surface area (Å²) in [4.78, 5) is 0.860. The Morgan fingerprint density at radius 3 is 2.56 bits per heavy atom. The van der Waals surface area contributed by atoms with Crippen LogP contribution in [0.5, 0.6) is 0 Å². The van der Waals surface area contributed by atoms with Crippen LogP contribution in [-0.4, -0.2) is 21.6 Å². The molecule has 0 N–H and O–H groups in total. The maximum absolute atomic E-state index is 15.7. The molecular weight excluding hydrogens is 361 g/mol. The first-order chi connectivity index (χ1) is 13.0. The predicted octanol–water partition coefficient (Wildman–Crippen LogP) is 4.77. The van der Waals surface area contributed by atoms with E-state index in [0.29, 0.717) is 22.8 Å². The zero-order valence-electron chi connectivity index (χ0n) is 14.8. The molecular formula is C21H15BF2N2S. The van der Waals surface area contributed by atoms with Crippen LogP contribution in [0, 0.1) is 25.7 Å². The number of thiophene rings is 1. The van der Waals surface area contributed by atoms with Crippen molar-refractivity contribution in [3.8, 4) is 11.8 Å². The number of fused-ring (bicyclic) bond motifs is 4. The lowest BCUT2D eigenvalue weighted by Crippen LogP contribution is -2.50. The molecule has 0 amide bonds. The zero-order chi connectivity index (χ0) is 18.8. The van der Waals surface area contributed by atoms with Gasteiger partial charge in [0.25, 0.3) is 0 Å². The van der Waals surface area contributed by atoms with Crippen molar-refractivity contribution in [2.24, 2.45) is 0 Å². The second kappa shape index (κ2) is 5.54. The molecule has 2 nitrogen and oxygen atoms in total. The third-order valence-electron chi connectivity index (χ3n) is 5.15. The molecule has 0 unspecified atom stereocenters. The second-order valence-electron chi connectivity index (χ2n) is 6.83. The van der Waals surface area contributed by atoms with E-state index < -0.39 is 6.97 Å². The molecule has 0 bridgehead atoms. The Morgan fingerprint density at radius 2 is 1.81 bits per heavy atom. The van der Waals surface area contributed by atoms with Gasteiger partial charge in [-0.2, -0.15) is 0 Å². The van der Waals surface area contributed by atoms with Gasteiger partial charge in [-0.1, -0.05) is 18.2 Å². The van der Waals surface area contributed by atoms with Gasteiger partial charge in [0.15, 0.2) is 5.70 Å². The maximum Gasteiger partial charge on any atom is 0.738 e. The van der Waals surface area contributed by atoms with Gasteiger partial charge in [-0.05, 0) is 60.7 Å². The first kappa shape index (κ1) is 16.3. The Balaban J connectivity index is 1.84. The van der Waals surface area contributed by atoms with Crippen LogP contribution >= 0.6 is 11.3 Å². The first-order valence-electron chi connectivity index (χ1n) is 8.72. The number of halogens is 2. The van der Waals surface area contributed by atoms with Gasteiger partial charge < -0.3 is 17.6 Å². The molecule has 2 aliphatic heterocycles. The number of rotatable bonds is 0. The van der Waals surface area contributed by atoms with Crippen LogP contribution in [0.25, 0.3) is 11.8 Å². The van der Waals surface area contributed by atoms with Gasteiger partial charge in [0, 0.05) is 17.7 Å². The lowest BCUT2D eigenvalue weighted by Gasteiger charge is -2.29. The Hall–Kier alpha value is -2.91. The summed E-state index contributed by atoms with van der Waals surface area (Å²) in [7, 11) is 0. The first-order valence-corrected chi connectivity index (χ1v) is 9.60. The minimum atomic E-state index is -4.03. The van der Waals surface area contributed by atoms with E-state index in [1.807, 2.05) is 60.8 Å². The molecule has 0 saturated heterocycles. The lowest BCUT2D eigenvalue weighted by molar-refractivity contribution is -0.316. The van der Waals surface area contributed by atoms with Crippen LogP contribution in [0.1, 0.15) is 33.0 Å². The zero-order valence-corrected chi connectivity index (χ0v) is 15.6. The van der Waals surface area contributed by atoms with Crippen molar-refractivity contribution in [2.75, 3.05) is 0 Å². The van der Waals surface area contributed by atoms with Crippen LogP contribution < -0.4 is 0 Å². The summed E-state index contributed by atoms with van der Waals surface area (Å²) in [5, 5.41) is 1.93. The van der Waals surface area contributed by atoms with E-state index in [2.05, 4.69) is 11.8 Å². The summed E-state index contributed by atoms with van der Waals surface area (Å²) in [6.07, 6.45) is 1.86. The summed E-state index contributed by atoms with van der Waals surface area (Å²) >= 11 is 1.50. The molecule has 0 saturated carbocycles. The molecule has 3 aromatic rings. The van der Waals surface area contributed by atoms with Crippen molar-refractivity contribution >= 4 is 35.8 Å². The normalized spacial score (nSPS) is 16.2. The largest absolute Gasteiger partial charge is 0.738 e. The average Bonchev–Trinajstić information content (AvgIpc) is 3.32. The lowest BCUT2D eigenvalue weighted by atomic mass is 9.90. The van der Waals surface area contributed by atoms with Crippen molar-refractivity contribution in [3.63, 3.8) is 0 Å². The fourth-order valence-electron chi connectivity index (χ4n) is 4.04. The fourth-order valence-corrected chi connectivity index (χ4v) is 4.61. The number of nitrogens with zero attached hydrogens (tertiary/aromatic N) is 2. The topological polar surface area (TPSA) is 7.94 Å². The fraction of sp³-hybridized carbons (Fsp3) is 0.0952. The highest BCUT2D eigenvalue weighted by atomic mass is 32.1. The minimum Gasteiger partial charge on any atom is -0.394 e. The third-order valence-corrected chi connectivity index (χ3v) is 5.93. The molecule has 6 heteroatoms. The molecule has 1 aromatic carbocycles. The van der Waals surface area contributed by atoms with E-state index in [0.717, 1.165) is 30.5 Å². The van der Waals surface area contributed by atoms with Gasteiger partial charge in [-0.15, -0.1) is 11.3 Å². The summed E-state index contributed by atoms with van der Waals surface area (Å²) in [6, 6.07) is 13.1. The second-order valence-corrected chi connectivity index (χ2v) is 7.78. The molecule has 132 valence electrons. The molecule has 0 spiro atoms. The van der Waals surface area contributed by atoms with Crippen molar-refractivity contribution < 1.29 is 13.1 Å². The molecule has 27 heavy (non-hydrogen) atoms. The predicted molar refractivity (Wildman–Crippen MR) is 107 cm³/mol. The highest BCUT2D eigenvalue weighted by Gasteiger charge is 2.55. The van der Waals surface area contributed by atoms with E-state index >= 15 is 8.63 Å². The highest BCUT2D eigenvalue weighted by molar-refractivity contribution is 7.10. The van der Waals surface area contributed by atoms with Gasteiger partial charge in [0.05, 0.1) is 16.0 Å². The van der Waals surface area contributed by atoms with Crippen molar-refractivity contribution in [2.45, 2.75) is 13.8 Å². The summed E-state index contributed by atoms with van der Waals surface area (Å²) in [5.74, 6) is 6.09. The van der Waals surface area contributed by atoms with E-state index in [1.165, 1.54) is 11.3 Å². The van der Waals surface area contributed by atoms with E-state index in [9.17, 15) is 0 Å². The Bertz CT molecular complexity index is 1220. The molecule has 4 heterocycles.